The number of pyridine rings is 1. The average Bonchev–Trinajstić information content (AvgIpc) is 3.23. The molecule has 1 N–H and O–H groups in total. The van der Waals surface area contributed by atoms with Crippen LogP contribution in [0, 0.1) is 0 Å². The second-order valence-corrected chi connectivity index (χ2v) is 7.18. The largest absolute Gasteiger partial charge is 0.454 e. The van der Waals surface area contributed by atoms with E-state index in [9.17, 15) is 9.59 Å². The number of nitrogens with zero attached hydrogens (tertiary/aromatic N) is 1. The number of hydrogen-bond acceptors (Lipinski definition) is 4. The molecule has 1 aliphatic rings. The maximum absolute atomic E-state index is 12.1. The number of benzene rings is 2. The lowest BCUT2D eigenvalue weighted by atomic mass is 10.1. The van der Waals surface area contributed by atoms with Gasteiger partial charge in [-0.1, -0.05) is 41.9 Å². The fourth-order valence-electron chi connectivity index (χ4n) is 3.05. The number of hydrogen-bond donors (Lipinski definition) is 1. The molecule has 7 heteroatoms. The van der Waals surface area contributed by atoms with Crippen LogP contribution < -0.4 is 20.3 Å². The van der Waals surface area contributed by atoms with E-state index in [0.717, 1.165) is 16.7 Å². The highest BCUT2D eigenvalue weighted by Crippen LogP contribution is 2.40. The first-order valence-corrected chi connectivity index (χ1v) is 9.74. The van der Waals surface area contributed by atoms with Crippen molar-refractivity contribution < 1.29 is 14.3 Å². The Balaban J connectivity index is 1.32. The third kappa shape index (κ3) is 4.72. The fraction of sp³-hybridized carbons (Fsp3) is 0.130. The van der Waals surface area contributed by atoms with Crippen molar-refractivity contribution in [3.8, 4) is 11.5 Å². The van der Waals surface area contributed by atoms with Gasteiger partial charge in [0.15, 0.2) is 11.5 Å². The number of halogens is 1. The van der Waals surface area contributed by atoms with Gasteiger partial charge in [-0.25, -0.2) is 0 Å². The predicted octanol–water partition coefficient (Wildman–Crippen LogP) is 3.61. The molecule has 4 rings (SSSR count). The summed E-state index contributed by atoms with van der Waals surface area (Å²) in [6, 6.07) is 16.3. The summed E-state index contributed by atoms with van der Waals surface area (Å²) in [6.07, 6.45) is 4.88. The van der Waals surface area contributed by atoms with Gasteiger partial charge in [0.1, 0.15) is 0 Å². The molecule has 0 fully saturated rings. The van der Waals surface area contributed by atoms with E-state index in [2.05, 4.69) is 5.32 Å². The van der Waals surface area contributed by atoms with Crippen molar-refractivity contribution in [2.24, 2.45) is 0 Å². The molecule has 0 saturated heterocycles. The third-order valence-corrected chi connectivity index (χ3v) is 4.90. The Bertz CT molecular complexity index is 1150. The van der Waals surface area contributed by atoms with E-state index >= 15 is 0 Å². The molecule has 2 aromatic carbocycles. The zero-order valence-corrected chi connectivity index (χ0v) is 16.8. The first kappa shape index (κ1) is 19.8. The van der Waals surface area contributed by atoms with Gasteiger partial charge in [0, 0.05) is 24.9 Å². The van der Waals surface area contributed by atoms with E-state index < -0.39 is 0 Å². The smallest absolute Gasteiger partial charge is 0.250 e. The molecule has 152 valence electrons. The number of nitrogens with one attached hydrogen (secondary N) is 1. The molecule has 0 spiro atoms. The molecule has 1 amide bonds. The molecule has 0 atom stereocenters. The highest BCUT2D eigenvalue weighted by atomic mass is 35.5. The minimum Gasteiger partial charge on any atom is -0.454 e. The Morgan fingerprint density at radius 3 is 2.70 bits per heavy atom. The van der Waals surface area contributed by atoms with E-state index in [-0.39, 0.29) is 18.3 Å². The van der Waals surface area contributed by atoms with Crippen LogP contribution in [0.4, 0.5) is 0 Å². The summed E-state index contributed by atoms with van der Waals surface area (Å²) in [5.41, 5.74) is 2.69. The van der Waals surface area contributed by atoms with Crippen LogP contribution in [0.5, 0.6) is 11.5 Å². The molecule has 2 heterocycles. The lowest BCUT2D eigenvalue weighted by Crippen LogP contribution is -2.20. The third-order valence-electron chi connectivity index (χ3n) is 4.62. The maximum atomic E-state index is 12.1. The van der Waals surface area contributed by atoms with Crippen LogP contribution in [-0.4, -0.2) is 17.3 Å². The normalized spacial score (nSPS) is 12.3. The number of rotatable bonds is 6. The van der Waals surface area contributed by atoms with Crippen LogP contribution >= 0.6 is 11.6 Å². The Hall–Kier alpha value is -3.51. The van der Waals surface area contributed by atoms with Gasteiger partial charge in [0.25, 0.3) is 5.56 Å². The van der Waals surface area contributed by atoms with Crippen LogP contribution in [0.2, 0.25) is 5.02 Å². The monoisotopic (exact) mass is 422 g/mol. The van der Waals surface area contributed by atoms with Crippen LogP contribution in [0.3, 0.4) is 0 Å². The molecule has 0 unspecified atom stereocenters. The van der Waals surface area contributed by atoms with Gasteiger partial charge in [-0.15, -0.1) is 0 Å². The van der Waals surface area contributed by atoms with E-state index in [1.54, 1.807) is 35.0 Å². The molecule has 3 aromatic rings. The summed E-state index contributed by atoms with van der Waals surface area (Å²) in [4.78, 5) is 23.9. The fourth-order valence-corrected chi connectivity index (χ4v) is 3.33. The number of aromatic nitrogens is 1. The first-order valence-electron chi connectivity index (χ1n) is 9.37. The van der Waals surface area contributed by atoms with Crippen molar-refractivity contribution in [2.45, 2.75) is 13.1 Å². The Kier molecular flexibility index (Phi) is 5.86. The highest BCUT2D eigenvalue weighted by Gasteiger charge is 2.17. The summed E-state index contributed by atoms with van der Waals surface area (Å²) in [6.45, 7) is 1.05. The minimum atomic E-state index is -0.219. The minimum absolute atomic E-state index is 0.0376. The molecule has 1 aliphatic heterocycles. The van der Waals surface area contributed by atoms with Gasteiger partial charge in [-0.2, -0.15) is 0 Å². The van der Waals surface area contributed by atoms with Crippen molar-refractivity contribution >= 4 is 23.6 Å². The molecule has 0 radical (unpaired) electrons. The topological polar surface area (TPSA) is 69.6 Å². The van der Waals surface area contributed by atoms with Crippen LogP contribution in [-0.2, 0) is 17.9 Å². The van der Waals surface area contributed by atoms with E-state index in [0.29, 0.717) is 29.6 Å². The van der Waals surface area contributed by atoms with E-state index in [1.165, 1.54) is 12.1 Å². The van der Waals surface area contributed by atoms with Crippen molar-refractivity contribution in [3.63, 3.8) is 0 Å². The van der Waals surface area contributed by atoms with Crippen molar-refractivity contribution in [2.75, 3.05) is 6.79 Å². The van der Waals surface area contributed by atoms with Gasteiger partial charge in [0.05, 0.1) is 11.6 Å². The van der Waals surface area contributed by atoms with Gasteiger partial charge in [-0.05, 0) is 41.0 Å². The summed E-state index contributed by atoms with van der Waals surface area (Å²) >= 11 is 6.15. The van der Waals surface area contributed by atoms with E-state index in [1.807, 2.05) is 30.3 Å². The van der Waals surface area contributed by atoms with Crippen molar-refractivity contribution in [1.29, 1.82) is 0 Å². The molecular weight excluding hydrogens is 404 g/mol. The lowest BCUT2D eigenvalue weighted by Gasteiger charge is -2.07. The number of fused-ring (bicyclic) bond motifs is 1. The number of carbonyl (C=O) groups is 1. The second-order valence-electron chi connectivity index (χ2n) is 6.77. The summed E-state index contributed by atoms with van der Waals surface area (Å²) in [5.74, 6) is 0.878. The Labute approximate surface area is 178 Å². The van der Waals surface area contributed by atoms with E-state index in [4.69, 9.17) is 21.1 Å². The molecular formula is C23H19ClN2O4. The van der Waals surface area contributed by atoms with Crippen LogP contribution in [0.1, 0.15) is 16.7 Å². The summed E-state index contributed by atoms with van der Waals surface area (Å²) < 4.78 is 12.2. The predicted molar refractivity (Wildman–Crippen MR) is 115 cm³/mol. The average molecular weight is 423 g/mol. The number of ether oxygens (including phenoxy) is 2. The molecule has 1 aromatic heterocycles. The summed E-state index contributed by atoms with van der Waals surface area (Å²) in [7, 11) is 0. The lowest BCUT2D eigenvalue weighted by molar-refractivity contribution is -0.116. The molecule has 0 saturated carbocycles. The highest BCUT2D eigenvalue weighted by molar-refractivity contribution is 6.32. The Morgan fingerprint density at radius 1 is 1.10 bits per heavy atom. The second kappa shape index (κ2) is 8.88. The van der Waals surface area contributed by atoms with Gasteiger partial charge >= 0.3 is 0 Å². The molecule has 0 bridgehead atoms. The van der Waals surface area contributed by atoms with Gasteiger partial charge in [-0.3, -0.25) is 9.59 Å². The maximum Gasteiger partial charge on any atom is 0.250 e. The zero-order valence-electron chi connectivity index (χ0n) is 16.0. The standard InChI is InChI=1S/C23H19ClN2O4/c24-19-11-18(12-20-23(19)30-15-29-20)8-9-21(27)25-13-16-4-6-17(7-5-16)14-26-10-2-1-3-22(26)28/h1-12H,13-15H2,(H,25,27). The molecule has 0 aliphatic carbocycles. The van der Waals surface area contributed by atoms with Crippen molar-refractivity contribution in [1.82, 2.24) is 9.88 Å². The summed E-state index contributed by atoms with van der Waals surface area (Å²) in [5, 5.41) is 3.29. The Morgan fingerprint density at radius 2 is 1.90 bits per heavy atom. The number of carbonyl (C=O) groups excluding carboxylic acids is 1. The van der Waals surface area contributed by atoms with Gasteiger partial charge < -0.3 is 19.4 Å². The SMILES string of the molecule is O=C(C=Cc1cc(Cl)c2c(c1)OCO2)NCc1ccc(Cn2ccccc2=O)cc1. The quantitative estimate of drug-likeness (QED) is 0.616. The number of amides is 1. The zero-order chi connectivity index (χ0) is 20.9. The molecule has 6 nitrogen and oxygen atoms in total. The van der Waals surface area contributed by atoms with Crippen LogP contribution in [0.25, 0.3) is 6.08 Å². The first-order chi connectivity index (χ1) is 14.6. The van der Waals surface area contributed by atoms with Crippen LogP contribution in [0.15, 0.2) is 71.7 Å². The van der Waals surface area contributed by atoms with Crippen molar-refractivity contribution in [3.05, 3.63) is 98.9 Å². The molecule has 30 heavy (non-hydrogen) atoms. The van der Waals surface area contributed by atoms with Gasteiger partial charge in [0.2, 0.25) is 12.7 Å².